The van der Waals surface area contributed by atoms with E-state index in [1.54, 1.807) is 6.92 Å². The molecule has 0 radical (unpaired) electrons. The van der Waals surface area contributed by atoms with Crippen molar-refractivity contribution >= 4 is 5.91 Å². The Bertz CT molecular complexity index is 227. The number of hydrogen-bond acceptors (Lipinski definition) is 1. The van der Waals surface area contributed by atoms with Gasteiger partial charge in [-0.2, -0.15) is 0 Å². The molecule has 94 valence electrons. The molecule has 1 fully saturated rings. The monoisotopic (exact) mass is 225 g/mol. The van der Waals surface area contributed by atoms with Crippen LogP contribution in [0.2, 0.25) is 0 Å². The Morgan fingerprint density at radius 3 is 2.62 bits per heavy atom. The summed E-state index contributed by atoms with van der Waals surface area (Å²) in [6.07, 6.45) is 9.18. The van der Waals surface area contributed by atoms with Gasteiger partial charge in [0.2, 0.25) is 5.91 Å². The van der Waals surface area contributed by atoms with Crippen LogP contribution in [0.25, 0.3) is 0 Å². The predicted molar refractivity (Wildman–Crippen MR) is 68.3 cm³/mol. The van der Waals surface area contributed by atoms with Crippen LogP contribution in [0.1, 0.15) is 65.7 Å². The minimum atomic E-state index is 0.115. The van der Waals surface area contributed by atoms with Gasteiger partial charge in [-0.3, -0.25) is 4.79 Å². The van der Waals surface area contributed by atoms with Gasteiger partial charge in [-0.15, -0.1) is 0 Å². The zero-order chi connectivity index (χ0) is 12.0. The van der Waals surface area contributed by atoms with Crippen LogP contribution in [0.5, 0.6) is 0 Å². The van der Waals surface area contributed by atoms with Crippen LogP contribution in [-0.2, 0) is 4.79 Å². The highest BCUT2D eigenvalue weighted by Crippen LogP contribution is 2.40. The Hall–Kier alpha value is -0.530. The van der Waals surface area contributed by atoms with Crippen molar-refractivity contribution in [2.45, 2.75) is 65.7 Å². The first kappa shape index (κ1) is 13.5. The highest BCUT2D eigenvalue weighted by atomic mass is 16.1. The molecule has 1 aliphatic rings. The summed E-state index contributed by atoms with van der Waals surface area (Å²) in [5.74, 6) is 1.04. The predicted octanol–water partition coefficient (Wildman–Crippen LogP) is 3.51. The number of rotatable bonds is 4. The Kier molecular flexibility index (Phi) is 5.30. The van der Waals surface area contributed by atoms with Gasteiger partial charge in [-0.05, 0) is 37.0 Å². The van der Waals surface area contributed by atoms with Crippen molar-refractivity contribution in [3.8, 4) is 0 Å². The standard InChI is InChI=1S/C14H27NO/c1-4-13-7-6-9-14(5-2,10-8-13)11-15-12(3)16/h13H,4-11H2,1-3H3,(H,15,16). The van der Waals surface area contributed by atoms with Crippen molar-refractivity contribution in [1.29, 1.82) is 0 Å². The van der Waals surface area contributed by atoms with Crippen LogP contribution in [0.15, 0.2) is 0 Å². The number of carbonyl (C=O) groups excluding carboxylic acids is 1. The number of amides is 1. The quantitative estimate of drug-likeness (QED) is 0.729. The number of carbonyl (C=O) groups is 1. The third kappa shape index (κ3) is 3.80. The van der Waals surface area contributed by atoms with Crippen molar-refractivity contribution in [3.63, 3.8) is 0 Å². The molecule has 0 heterocycles. The summed E-state index contributed by atoms with van der Waals surface area (Å²) < 4.78 is 0. The van der Waals surface area contributed by atoms with Crippen LogP contribution in [0.4, 0.5) is 0 Å². The average Bonchev–Trinajstić information content (AvgIpc) is 2.49. The fraction of sp³-hybridized carbons (Fsp3) is 0.929. The lowest BCUT2D eigenvalue weighted by Crippen LogP contribution is -2.36. The molecule has 0 aliphatic heterocycles. The summed E-state index contributed by atoms with van der Waals surface area (Å²) in [5, 5.41) is 3.03. The van der Waals surface area contributed by atoms with Gasteiger partial charge < -0.3 is 5.32 Å². The van der Waals surface area contributed by atoms with Crippen molar-refractivity contribution in [1.82, 2.24) is 5.32 Å². The second-order valence-electron chi connectivity index (χ2n) is 5.47. The lowest BCUT2D eigenvalue weighted by molar-refractivity contribution is -0.119. The molecule has 0 aromatic rings. The molecule has 2 atom stereocenters. The molecule has 0 aromatic heterocycles. The maximum absolute atomic E-state index is 11.0. The van der Waals surface area contributed by atoms with E-state index < -0.39 is 0 Å². The second kappa shape index (κ2) is 6.27. The van der Waals surface area contributed by atoms with E-state index in [1.807, 2.05) is 0 Å². The summed E-state index contributed by atoms with van der Waals surface area (Å²) in [4.78, 5) is 11.0. The van der Waals surface area contributed by atoms with E-state index >= 15 is 0 Å². The molecule has 1 rings (SSSR count). The van der Waals surface area contributed by atoms with Crippen molar-refractivity contribution in [2.24, 2.45) is 11.3 Å². The third-order valence-corrected chi connectivity index (χ3v) is 4.44. The van der Waals surface area contributed by atoms with Crippen molar-refractivity contribution in [3.05, 3.63) is 0 Å². The highest BCUT2D eigenvalue weighted by molar-refractivity contribution is 5.72. The molecule has 1 saturated carbocycles. The molecule has 2 heteroatoms. The second-order valence-corrected chi connectivity index (χ2v) is 5.47. The Morgan fingerprint density at radius 2 is 2.06 bits per heavy atom. The highest BCUT2D eigenvalue weighted by Gasteiger charge is 2.31. The molecule has 2 nitrogen and oxygen atoms in total. The average molecular weight is 225 g/mol. The summed E-state index contributed by atoms with van der Waals surface area (Å²) in [6.45, 7) is 7.08. The zero-order valence-corrected chi connectivity index (χ0v) is 11.1. The van der Waals surface area contributed by atoms with Crippen LogP contribution in [0, 0.1) is 11.3 Å². The Balaban J connectivity index is 2.54. The van der Waals surface area contributed by atoms with Gasteiger partial charge >= 0.3 is 0 Å². The SMILES string of the molecule is CCC1CCCC(CC)(CNC(C)=O)CC1. The molecule has 0 bridgehead atoms. The Morgan fingerprint density at radius 1 is 1.31 bits per heavy atom. The molecule has 1 aliphatic carbocycles. The van der Waals surface area contributed by atoms with E-state index in [4.69, 9.17) is 0 Å². The number of nitrogens with one attached hydrogen (secondary N) is 1. The van der Waals surface area contributed by atoms with Gasteiger partial charge in [0.1, 0.15) is 0 Å². The molecular formula is C14H27NO. The lowest BCUT2D eigenvalue weighted by atomic mass is 9.77. The molecule has 0 aromatic carbocycles. The maximum Gasteiger partial charge on any atom is 0.216 e. The number of hydrogen-bond donors (Lipinski definition) is 1. The van der Waals surface area contributed by atoms with E-state index in [0.29, 0.717) is 5.41 Å². The van der Waals surface area contributed by atoms with E-state index in [9.17, 15) is 4.79 Å². The fourth-order valence-corrected chi connectivity index (χ4v) is 2.92. The van der Waals surface area contributed by atoms with E-state index in [1.165, 1.54) is 44.9 Å². The third-order valence-electron chi connectivity index (χ3n) is 4.44. The molecule has 1 N–H and O–H groups in total. The fourth-order valence-electron chi connectivity index (χ4n) is 2.92. The molecule has 0 spiro atoms. The van der Waals surface area contributed by atoms with Gasteiger partial charge in [0.15, 0.2) is 0 Å². The molecule has 0 saturated heterocycles. The van der Waals surface area contributed by atoms with Crippen LogP contribution >= 0.6 is 0 Å². The van der Waals surface area contributed by atoms with Gasteiger partial charge in [-0.25, -0.2) is 0 Å². The first-order valence-electron chi connectivity index (χ1n) is 6.86. The topological polar surface area (TPSA) is 29.1 Å². The molecule has 1 amide bonds. The Labute approximate surface area is 100 Å². The summed E-state index contributed by atoms with van der Waals surface area (Å²) in [5.41, 5.74) is 0.385. The van der Waals surface area contributed by atoms with Crippen LogP contribution in [-0.4, -0.2) is 12.5 Å². The molecular weight excluding hydrogens is 198 g/mol. The van der Waals surface area contributed by atoms with Gasteiger partial charge in [0.05, 0.1) is 0 Å². The summed E-state index contributed by atoms with van der Waals surface area (Å²) in [6, 6.07) is 0. The normalized spacial score (nSPS) is 30.8. The van der Waals surface area contributed by atoms with E-state index in [0.717, 1.165) is 12.5 Å². The molecule has 2 unspecified atom stereocenters. The summed E-state index contributed by atoms with van der Waals surface area (Å²) in [7, 11) is 0. The van der Waals surface area contributed by atoms with Gasteiger partial charge in [0.25, 0.3) is 0 Å². The van der Waals surface area contributed by atoms with Crippen molar-refractivity contribution in [2.75, 3.05) is 6.54 Å². The first-order chi connectivity index (χ1) is 7.62. The maximum atomic E-state index is 11.0. The van der Waals surface area contributed by atoms with E-state index in [2.05, 4.69) is 19.2 Å². The van der Waals surface area contributed by atoms with Gasteiger partial charge in [-0.1, -0.05) is 33.1 Å². The van der Waals surface area contributed by atoms with Crippen LogP contribution < -0.4 is 5.32 Å². The van der Waals surface area contributed by atoms with E-state index in [-0.39, 0.29) is 5.91 Å². The van der Waals surface area contributed by atoms with Crippen molar-refractivity contribution < 1.29 is 4.79 Å². The minimum absolute atomic E-state index is 0.115. The molecule has 16 heavy (non-hydrogen) atoms. The van der Waals surface area contributed by atoms with Crippen LogP contribution in [0.3, 0.4) is 0 Å². The first-order valence-corrected chi connectivity index (χ1v) is 6.86. The lowest BCUT2D eigenvalue weighted by Gasteiger charge is -2.32. The zero-order valence-electron chi connectivity index (χ0n) is 11.1. The summed E-state index contributed by atoms with van der Waals surface area (Å²) >= 11 is 0. The smallest absolute Gasteiger partial charge is 0.216 e. The minimum Gasteiger partial charge on any atom is -0.356 e. The largest absolute Gasteiger partial charge is 0.356 e. The van der Waals surface area contributed by atoms with Gasteiger partial charge in [0, 0.05) is 13.5 Å².